The first kappa shape index (κ1) is 36.2. The monoisotopic (exact) mass is 659 g/mol. The van der Waals surface area contributed by atoms with Crippen LogP contribution in [0.3, 0.4) is 0 Å². The lowest BCUT2D eigenvalue weighted by atomic mass is 10.1. The van der Waals surface area contributed by atoms with Gasteiger partial charge in [0.1, 0.15) is 11.3 Å². The molecule has 20 heteroatoms. The Morgan fingerprint density at radius 2 is 1.33 bits per heavy atom. The Labute approximate surface area is 246 Å². The van der Waals surface area contributed by atoms with Crippen LogP contribution in [0.1, 0.15) is 21.6 Å². The van der Waals surface area contributed by atoms with Crippen molar-refractivity contribution in [1.29, 1.82) is 0 Å². The summed E-state index contributed by atoms with van der Waals surface area (Å²) in [5.41, 5.74) is -0.552. The maximum atomic E-state index is 15.3. The van der Waals surface area contributed by atoms with Crippen molar-refractivity contribution in [2.75, 3.05) is 12.4 Å². The molecule has 3 aromatic rings. The molecular formula is C25H21F8N3O9. The number of anilines is 1. The zero-order valence-electron chi connectivity index (χ0n) is 22.8. The van der Waals surface area contributed by atoms with E-state index < -0.39 is 70.7 Å². The standard InChI is InChI=1S/C23H16F8N2O8.C2H5NO/c1-9-8-32-10(2)7-11(9)33-20(34)16-12(3-4-13(17(16)24)39-21(26,27)28)38-15-6-5-14(40-22(29,30)31)18(25)19(15)41-23(35,36)37;1-3-2-4/h3-8,35-37H,1-2H3,(H,32,33,34);2H,1H3,(H,3,4). The van der Waals surface area contributed by atoms with Crippen LogP contribution >= 0.6 is 0 Å². The maximum Gasteiger partial charge on any atom is 0.573 e. The molecule has 0 aliphatic heterocycles. The molecule has 246 valence electrons. The number of hydrogen-bond donors (Lipinski definition) is 5. The van der Waals surface area contributed by atoms with Gasteiger partial charge >= 0.3 is 18.9 Å². The number of aliphatic hydroxyl groups is 3. The van der Waals surface area contributed by atoms with E-state index in [2.05, 4.69) is 29.8 Å². The van der Waals surface area contributed by atoms with E-state index in [-0.39, 0.29) is 5.69 Å². The highest BCUT2D eigenvalue weighted by atomic mass is 19.4. The van der Waals surface area contributed by atoms with Crippen molar-refractivity contribution >= 4 is 18.0 Å². The first-order chi connectivity index (χ1) is 20.7. The molecule has 0 aliphatic carbocycles. The third kappa shape index (κ3) is 10.9. The quantitative estimate of drug-likeness (QED) is 0.128. The molecule has 1 aromatic heterocycles. The van der Waals surface area contributed by atoms with Gasteiger partial charge in [0, 0.05) is 24.6 Å². The number of halogens is 8. The Bertz CT molecular complexity index is 1530. The lowest BCUT2D eigenvalue weighted by Gasteiger charge is -2.21. The van der Waals surface area contributed by atoms with E-state index in [4.69, 9.17) is 24.9 Å². The van der Waals surface area contributed by atoms with Crippen LogP contribution in [-0.2, 0) is 4.79 Å². The maximum absolute atomic E-state index is 15.3. The molecule has 3 rings (SSSR count). The summed E-state index contributed by atoms with van der Waals surface area (Å²) in [6.07, 6.45) is -13.2. The SMILES string of the molecule is CNC=O.Cc1cc(NC(=O)c2c(Oc3ccc(OC(F)(F)F)c(F)c3OC(O)(O)O)ccc(OC(F)(F)F)c2F)c(C)cn1. The van der Waals surface area contributed by atoms with Crippen LogP contribution in [0.2, 0.25) is 0 Å². The van der Waals surface area contributed by atoms with E-state index in [0.29, 0.717) is 41.9 Å². The number of hydrogen-bond acceptors (Lipinski definition) is 10. The lowest BCUT2D eigenvalue weighted by molar-refractivity contribution is -0.420. The number of rotatable bonds is 9. The van der Waals surface area contributed by atoms with E-state index in [0.717, 1.165) is 0 Å². The minimum Gasteiger partial charge on any atom is -0.452 e. The topological polar surface area (TPSA) is 169 Å². The van der Waals surface area contributed by atoms with Crippen LogP contribution < -0.4 is 29.6 Å². The van der Waals surface area contributed by atoms with Gasteiger partial charge in [-0.25, -0.2) is 4.39 Å². The Balaban J connectivity index is 0.00000166. The fourth-order valence-corrected chi connectivity index (χ4v) is 3.14. The number of carbonyl (C=O) groups is 2. The Kier molecular flexibility index (Phi) is 11.5. The molecule has 2 aromatic carbocycles. The molecule has 0 unspecified atom stereocenters. The average molecular weight is 659 g/mol. The largest absolute Gasteiger partial charge is 0.573 e. The summed E-state index contributed by atoms with van der Waals surface area (Å²) in [6.45, 7) is 2.99. The lowest BCUT2D eigenvalue weighted by Crippen LogP contribution is -2.35. The van der Waals surface area contributed by atoms with E-state index >= 15 is 4.39 Å². The predicted molar refractivity (Wildman–Crippen MR) is 133 cm³/mol. The van der Waals surface area contributed by atoms with Gasteiger partial charge in [-0.1, -0.05) is 0 Å². The molecule has 0 saturated carbocycles. The Hall–Kier alpha value is -4.95. The number of ether oxygens (including phenoxy) is 4. The molecule has 0 atom stereocenters. The smallest absolute Gasteiger partial charge is 0.452 e. The second kappa shape index (κ2) is 14.2. The molecular weight excluding hydrogens is 638 g/mol. The summed E-state index contributed by atoms with van der Waals surface area (Å²) in [5, 5.41) is 31.8. The van der Waals surface area contributed by atoms with Gasteiger partial charge in [-0.15, -0.1) is 26.3 Å². The highest BCUT2D eigenvalue weighted by molar-refractivity contribution is 6.07. The normalized spacial score (nSPS) is 11.5. The van der Waals surface area contributed by atoms with Crippen LogP contribution in [0.4, 0.5) is 40.8 Å². The average Bonchev–Trinajstić information content (AvgIpc) is 2.89. The van der Waals surface area contributed by atoms with Crippen LogP contribution in [0.15, 0.2) is 36.5 Å². The molecule has 2 amide bonds. The van der Waals surface area contributed by atoms with E-state index in [9.17, 15) is 35.5 Å². The molecule has 0 bridgehead atoms. The molecule has 5 N–H and O–H groups in total. The molecule has 1 heterocycles. The Morgan fingerprint density at radius 1 is 0.844 bits per heavy atom. The highest BCUT2D eigenvalue weighted by Gasteiger charge is 2.37. The van der Waals surface area contributed by atoms with E-state index in [1.54, 1.807) is 7.05 Å². The van der Waals surface area contributed by atoms with Gasteiger partial charge in [-0.3, -0.25) is 14.6 Å². The molecule has 0 spiro atoms. The van der Waals surface area contributed by atoms with E-state index in [1.807, 2.05) is 0 Å². The van der Waals surface area contributed by atoms with E-state index in [1.165, 1.54) is 26.1 Å². The van der Waals surface area contributed by atoms with Crippen LogP contribution in [0, 0.1) is 25.5 Å². The molecule has 0 aliphatic rings. The predicted octanol–water partition coefficient (Wildman–Crippen LogP) is 4.15. The number of carbonyl (C=O) groups excluding carboxylic acids is 2. The first-order valence-electron chi connectivity index (χ1n) is 11.7. The first-order valence-corrected chi connectivity index (χ1v) is 11.7. The number of nitrogens with one attached hydrogen (secondary N) is 2. The molecule has 0 fully saturated rings. The van der Waals surface area contributed by atoms with Crippen LogP contribution in [0.25, 0.3) is 0 Å². The van der Waals surface area contributed by atoms with Crippen molar-refractivity contribution in [3.8, 4) is 28.7 Å². The summed E-state index contributed by atoms with van der Waals surface area (Å²) in [5.74, 6) is -12.4. The number of aromatic nitrogens is 1. The third-order valence-electron chi connectivity index (χ3n) is 4.84. The van der Waals surface area contributed by atoms with Crippen molar-refractivity contribution in [3.63, 3.8) is 0 Å². The summed E-state index contributed by atoms with van der Waals surface area (Å²) in [4.78, 5) is 26.1. The van der Waals surface area contributed by atoms with Gasteiger partial charge in [0.25, 0.3) is 5.91 Å². The van der Waals surface area contributed by atoms with Crippen molar-refractivity contribution < 1.29 is 79.0 Å². The zero-order valence-corrected chi connectivity index (χ0v) is 22.8. The molecule has 12 nitrogen and oxygen atoms in total. The summed E-state index contributed by atoms with van der Waals surface area (Å²) < 4.78 is 123. The number of amides is 2. The number of benzene rings is 2. The summed E-state index contributed by atoms with van der Waals surface area (Å²) >= 11 is 0. The summed E-state index contributed by atoms with van der Waals surface area (Å²) in [6, 6.07) is 2.95. The minimum atomic E-state index is -5.46. The van der Waals surface area contributed by atoms with Crippen molar-refractivity contribution in [2.24, 2.45) is 0 Å². The Morgan fingerprint density at radius 3 is 1.82 bits per heavy atom. The third-order valence-corrected chi connectivity index (χ3v) is 4.84. The number of aryl methyl sites for hydroxylation is 2. The summed E-state index contributed by atoms with van der Waals surface area (Å²) in [7, 11) is 1.56. The number of nitrogens with zero attached hydrogens (tertiary/aromatic N) is 1. The van der Waals surface area contributed by atoms with Crippen molar-refractivity contribution in [3.05, 3.63) is 65.0 Å². The minimum absolute atomic E-state index is 0.0318. The van der Waals surface area contributed by atoms with Crippen LogP contribution in [0.5, 0.6) is 28.7 Å². The van der Waals surface area contributed by atoms with Gasteiger partial charge in [0.05, 0.1) is 0 Å². The molecule has 0 saturated heterocycles. The van der Waals surface area contributed by atoms with Gasteiger partial charge in [-0.05, 0) is 49.7 Å². The van der Waals surface area contributed by atoms with Gasteiger partial charge < -0.3 is 44.9 Å². The van der Waals surface area contributed by atoms with Gasteiger partial charge in [0.15, 0.2) is 23.1 Å². The van der Waals surface area contributed by atoms with Crippen molar-refractivity contribution in [2.45, 2.75) is 32.7 Å². The van der Waals surface area contributed by atoms with Crippen LogP contribution in [-0.4, -0.2) is 58.6 Å². The fraction of sp³-hybridized carbons (Fsp3) is 0.240. The molecule has 45 heavy (non-hydrogen) atoms. The fourth-order valence-electron chi connectivity index (χ4n) is 3.14. The highest BCUT2D eigenvalue weighted by Crippen LogP contribution is 2.43. The zero-order chi connectivity index (χ0) is 34.3. The van der Waals surface area contributed by atoms with Gasteiger partial charge in [-0.2, -0.15) is 4.39 Å². The second-order valence-corrected chi connectivity index (χ2v) is 8.33. The van der Waals surface area contributed by atoms with Crippen molar-refractivity contribution in [1.82, 2.24) is 10.3 Å². The van der Waals surface area contributed by atoms with Gasteiger partial charge in [0.2, 0.25) is 18.0 Å². The molecule has 0 radical (unpaired) electrons. The number of alkyl halides is 6. The second-order valence-electron chi connectivity index (χ2n) is 8.33. The number of pyridine rings is 1.